The number of aromatic nitrogens is 3. The van der Waals surface area contributed by atoms with Crippen molar-refractivity contribution in [3.63, 3.8) is 0 Å². The predicted octanol–water partition coefficient (Wildman–Crippen LogP) is 4.80. The topological polar surface area (TPSA) is 92.9 Å². The molecule has 7 heteroatoms. The average molecular weight is 387 g/mol. The summed E-state index contributed by atoms with van der Waals surface area (Å²) in [7, 11) is 0. The summed E-state index contributed by atoms with van der Waals surface area (Å²) in [6.07, 6.45) is 3.35. The second-order valence-electron chi connectivity index (χ2n) is 7.04. The Kier molecular flexibility index (Phi) is 5.20. The zero-order valence-corrected chi connectivity index (χ0v) is 16.2. The average Bonchev–Trinajstić information content (AvgIpc) is 3.22. The first-order chi connectivity index (χ1) is 14.1. The molecule has 0 aliphatic carbocycles. The number of carbonyl (C=O) groups excluding carboxylic acids is 1. The number of carbonyl (C=O) groups is 1. The van der Waals surface area contributed by atoms with E-state index in [9.17, 15) is 4.79 Å². The van der Waals surface area contributed by atoms with Crippen molar-refractivity contribution in [3.8, 4) is 11.4 Å². The molecule has 7 nitrogen and oxygen atoms in total. The van der Waals surface area contributed by atoms with Crippen molar-refractivity contribution in [1.82, 2.24) is 20.4 Å². The van der Waals surface area contributed by atoms with Crippen LogP contribution in [0, 0.1) is 5.92 Å². The molecule has 2 heterocycles. The van der Waals surface area contributed by atoms with Gasteiger partial charge in [0, 0.05) is 23.3 Å². The lowest BCUT2D eigenvalue weighted by molar-refractivity contribution is 0.236. The van der Waals surface area contributed by atoms with Crippen molar-refractivity contribution in [1.29, 1.82) is 0 Å². The molecule has 2 aromatic heterocycles. The molecule has 146 valence electrons. The van der Waals surface area contributed by atoms with Crippen LogP contribution in [0.4, 0.5) is 10.5 Å². The van der Waals surface area contributed by atoms with E-state index < -0.39 is 6.04 Å². The molecule has 0 aliphatic heterocycles. The van der Waals surface area contributed by atoms with Crippen molar-refractivity contribution in [2.45, 2.75) is 19.9 Å². The molecule has 2 amide bonds. The van der Waals surface area contributed by atoms with Crippen LogP contribution in [0.25, 0.3) is 22.2 Å². The molecular weight excluding hydrogens is 366 g/mol. The van der Waals surface area contributed by atoms with Crippen LogP contribution in [0.5, 0.6) is 0 Å². The van der Waals surface area contributed by atoms with Crippen LogP contribution >= 0.6 is 0 Å². The Balaban J connectivity index is 1.53. The zero-order valence-electron chi connectivity index (χ0n) is 16.2. The number of hydrogen-bond donors (Lipinski definition) is 2. The van der Waals surface area contributed by atoms with Gasteiger partial charge in [0.15, 0.2) is 0 Å². The van der Waals surface area contributed by atoms with Gasteiger partial charge >= 0.3 is 6.03 Å². The summed E-state index contributed by atoms with van der Waals surface area (Å²) in [5, 5.41) is 11.9. The second-order valence-corrected chi connectivity index (χ2v) is 7.04. The maximum absolute atomic E-state index is 12.7. The van der Waals surface area contributed by atoms with Gasteiger partial charge in [-0.1, -0.05) is 55.4 Å². The van der Waals surface area contributed by atoms with Crippen LogP contribution in [-0.4, -0.2) is 21.2 Å². The van der Waals surface area contributed by atoms with Gasteiger partial charge in [-0.3, -0.25) is 4.98 Å². The fourth-order valence-electron chi connectivity index (χ4n) is 3.12. The van der Waals surface area contributed by atoms with Crippen molar-refractivity contribution < 1.29 is 9.32 Å². The lowest BCUT2D eigenvalue weighted by atomic mass is 10.0. The highest BCUT2D eigenvalue weighted by Gasteiger charge is 2.25. The minimum absolute atomic E-state index is 0.0514. The molecule has 0 saturated carbocycles. The Bertz CT molecular complexity index is 1120. The lowest BCUT2D eigenvalue weighted by Gasteiger charge is -2.19. The van der Waals surface area contributed by atoms with Gasteiger partial charge in [-0.15, -0.1) is 0 Å². The molecule has 4 aromatic rings. The number of pyridine rings is 1. The number of amides is 2. The van der Waals surface area contributed by atoms with Gasteiger partial charge in [-0.2, -0.15) is 4.98 Å². The summed E-state index contributed by atoms with van der Waals surface area (Å²) in [5.74, 6) is 0.845. The number of nitrogens with one attached hydrogen (secondary N) is 2. The maximum Gasteiger partial charge on any atom is 0.319 e. The van der Waals surface area contributed by atoms with Gasteiger partial charge in [0.05, 0.1) is 5.69 Å². The molecule has 2 N–H and O–H groups in total. The van der Waals surface area contributed by atoms with Crippen LogP contribution in [0.3, 0.4) is 0 Å². The monoisotopic (exact) mass is 387 g/mol. The first-order valence-electron chi connectivity index (χ1n) is 9.41. The second kappa shape index (κ2) is 8.10. The molecule has 4 rings (SSSR count). The summed E-state index contributed by atoms with van der Waals surface area (Å²) in [4.78, 5) is 21.2. The fourth-order valence-corrected chi connectivity index (χ4v) is 3.12. The van der Waals surface area contributed by atoms with Gasteiger partial charge in [-0.25, -0.2) is 4.79 Å². The van der Waals surface area contributed by atoms with Crippen molar-refractivity contribution in [2.24, 2.45) is 5.92 Å². The summed E-state index contributed by atoms with van der Waals surface area (Å²) in [6.45, 7) is 3.97. The number of anilines is 1. The van der Waals surface area contributed by atoms with Crippen LogP contribution in [0.1, 0.15) is 25.8 Å². The van der Waals surface area contributed by atoms with Crippen LogP contribution < -0.4 is 10.6 Å². The molecule has 0 aliphatic rings. The normalized spacial score (nSPS) is 12.1. The van der Waals surface area contributed by atoms with Gasteiger partial charge in [-0.05, 0) is 29.5 Å². The van der Waals surface area contributed by atoms with E-state index in [1.165, 1.54) is 0 Å². The van der Waals surface area contributed by atoms with Gasteiger partial charge < -0.3 is 15.2 Å². The van der Waals surface area contributed by atoms with E-state index >= 15 is 0 Å². The lowest BCUT2D eigenvalue weighted by Crippen LogP contribution is -2.35. The molecule has 1 unspecified atom stereocenters. The smallest absolute Gasteiger partial charge is 0.319 e. The Morgan fingerprint density at radius 1 is 1.03 bits per heavy atom. The highest BCUT2D eigenvalue weighted by Crippen LogP contribution is 2.25. The van der Waals surface area contributed by atoms with Crippen LogP contribution in [-0.2, 0) is 0 Å². The number of benzene rings is 2. The number of rotatable bonds is 5. The van der Waals surface area contributed by atoms with E-state index in [1.54, 1.807) is 18.5 Å². The quantitative estimate of drug-likeness (QED) is 0.513. The van der Waals surface area contributed by atoms with Gasteiger partial charge in [0.1, 0.15) is 6.04 Å². The Morgan fingerprint density at radius 3 is 2.66 bits per heavy atom. The minimum Gasteiger partial charge on any atom is -0.337 e. The molecule has 1 atom stereocenters. The van der Waals surface area contributed by atoms with Crippen LogP contribution in [0.2, 0.25) is 0 Å². The molecule has 0 spiro atoms. The molecule has 0 radical (unpaired) electrons. The third-order valence-electron chi connectivity index (χ3n) is 4.62. The largest absolute Gasteiger partial charge is 0.337 e. The predicted molar refractivity (Wildman–Crippen MR) is 111 cm³/mol. The van der Waals surface area contributed by atoms with E-state index in [4.69, 9.17) is 4.52 Å². The zero-order chi connectivity index (χ0) is 20.2. The molecule has 2 aromatic carbocycles. The van der Waals surface area contributed by atoms with E-state index in [-0.39, 0.29) is 11.9 Å². The first-order valence-corrected chi connectivity index (χ1v) is 9.41. The third kappa shape index (κ3) is 4.08. The number of nitrogens with zero attached hydrogens (tertiary/aromatic N) is 3. The highest BCUT2D eigenvalue weighted by atomic mass is 16.5. The number of hydrogen-bond acceptors (Lipinski definition) is 5. The molecule has 29 heavy (non-hydrogen) atoms. The summed E-state index contributed by atoms with van der Waals surface area (Å²) in [5.41, 5.74) is 1.50. The summed E-state index contributed by atoms with van der Waals surface area (Å²) >= 11 is 0. The SMILES string of the molecule is CC(C)C(NC(=O)Nc1cccc2ccccc12)c1nc(-c2cccnc2)no1. The van der Waals surface area contributed by atoms with Crippen molar-refractivity contribution in [3.05, 3.63) is 72.9 Å². The van der Waals surface area contributed by atoms with Gasteiger partial charge in [0.2, 0.25) is 11.7 Å². The highest BCUT2D eigenvalue weighted by molar-refractivity contribution is 6.01. The molecular formula is C22H21N5O2. The van der Waals surface area contributed by atoms with E-state index in [0.29, 0.717) is 11.7 Å². The maximum atomic E-state index is 12.7. The van der Waals surface area contributed by atoms with Crippen LogP contribution in [0.15, 0.2) is 71.5 Å². The standard InChI is InChI=1S/C22H21N5O2/c1-14(2)19(21-26-20(27-29-21)16-9-6-12-23-13-16)25-22(28)24-18-11-5-8-15-7-3-4-10-17(15)18/h3-14,19H,1-2H3,(H2,24,25,28). The van der Waals surface area contributed by atoms with Crippen molar-refractivity contribution in [2.75, 3.05) is 5.32 Å². The Morgan fingerprint density at radius 2 is 1.86 bits per heavy atom. The Hall–Kier alpha value is -3.74. The molecule has 0 bridgehead atoms. The number of fused-ring (bicyclic) bond motifs is 1. The molecule has 0 fully saturated rings. The summed E-state index contributed by atoms with van der Waals surface area (Å²) in [6, 6.07) is 16.6. The molecule has 0 saturated heterocycles. The Labute approximate surface area is 168 Å². The minimum atomic E-state index is -0.428. The third-order valence-corrected chi connectivity index (χ3v) is 4.62. The number of urea groups is 1. The summed E-state index contributed by atoms with van der Waals surface area (Å²) < 4.78 is 5.43. The first kappa shape index (κ1) is 18.6. The van der Waals surface area contributed by atoms with E-state index in [1.807, 2.05) is 62.4 Å². The van der Waals surface area contributed by atoms with E-state index in [2.05, 4.69) is 25.8 Å². The van der Waals surface area contributed by atoms with Gasteiger partial charge in [0.25, 0.3) is 0 Å². The van der Waals surface area contributed by atoms with Crippen molar-refractivity contribution >= 4 is 22.5 Å². The fraction of sp³-hybridized carbons (Fsp3) is 0.182. The van der Waals surface area contributed by atoms with E-state index in [0.717, 1.165) is 22.0 Å².